The van der Waals surface area contributed by atoms with Gasteiger partial charge in [0.05, 0.1) is 0 Å². The minimum atomic E-state index is 0. The normalized spacial score (nSPS) is 17.5. The van der Waals surface area contributed by atoms with Crippen LogP contribution in [0.4, 0.5) is 0 Å². The van der Waals surface area contributed by atoms with Gasteiger partial charge in [-0.1, -0.05) is 12.8 Å². The Bertz CT molecular complexity index is 265. The summed E-state index contributed by atoms with van der Waals surface area (Å²) in [7, 11) is 0. The minimum Gasteiger partial charge on any atom is -0.328 e. The first-order valence-electron chi connectivity index (χ1n) is 4.96. The van der Waals surface area contributed by atoms with Crippen molar-refractivity contribution in [2.24, 2.45) is 0 Å². The molecule has 0 N–H and O–H groups in total. The van der Waals surface area contributed by atoms with Crippen molar-refractivity contribution in [1.82, 2.24) is 9.97 Å². The van der Waals surface area contributed by atoms with Gasteiger partial charge in [-0.15, -0.1) is 0 Å². The molecule has 1 radical (unpaired) electrons. The quantitative estimate of drug-likeness (QED) is 0.729. The molecule has 2 nitrogen and oxygen atoms in total. The van der Waals surface area contributed by atoms with Crippen LogP contribution in [0.25, 0.3) is 0 Å². The Kier molecular flexibility index (Phi) is 5.18. The predicted molar refractivity (Wildman–Crippen MR) is 52.3 cm³/mol. The van der Waals surface area contributed by atoms with E-state index in [4.69, 9.17) is 0 Å². The molecule has 1 heterocycles. The van der Waals surface area contributed by atoms with Crippen LogP contribution in [-0.4, -0.2) is 9.97 Å². The molecule has 0 aliphatic heterocycles. The largest absolute Gasteiger partial charge is 0.328 e. The molecule has 1 saturated carbocycles. The zero-order valence-electron chi connectivity index (χ0n) is 8.61. The zero-order chi connectivity index (χ0) is 9.10. The minimum absolute atomic E-state index is 0. The third kappa shape index (κ3) is 3.10. The monoisotopic (exact) mass is 264 g/mol. The van der Waals surface area contributed by atoms with Gasteiger partial charge in [-0.25, -0.2) is 9.97 Å². The predicted octanol–water partition coefficient (Wildman–Crippen LogP) is 2.64. The molecule has 0 spiro atoms. The summed E-state index contributed by atoms with van der Waals surface area (Å²) in [5.74, 6) is 1.64. The first-order chi connectivity index (χ1) is 6.36. The molecule has 1 aromatic rings. The van der Waals surface area contributed by atoms with Gasteiger partial charge in [0.25, 0.3) is 0 Å². The van der Waals surface area contributed by atoms with Crippen molar-refractivity contribution in [1.29, 1.82) is 0 Å². The van der Waals surface area contributed by atoms with E-state index in [1.54, 1.807) is 0 Å². The maximum Gasteiger partial charge on any atom is 0.131 e. The second kappa shape index (κ2) is 5.92. The third-order valence-corrected chi connectivity index (χ3v) is 2.60. The summed E-state index contributed by atoms with van der Waals surface area (Å²) in [5.41, 5.74) is 1.14. The van der Waals surface area contributed by atoms with Crippen molar-refractivity contribution in [3.8, 4) is 0 Å². The van der Waals surface area contributed by atoms with Crippen LogP contribution in [0.3, 0.4) is 0 Å². The fourth-order valence-electron chi connectivity index (χ4n) is 1.80. The average molecular weight is 264 g/mol. The molecule has 3 heteroatoms. The maximum absolute atomic E-state index is 4.38. The van der Waals surface area contributed by atoms with E-state index < -0.39 is 0 Å². The van der Waals surface area contributed by atoms with Crippen molar-refractivity contribution in [2.45, 2.75) is 38.5 Å². The molecule has 0 aromatic carbocycles. The molecular formula is C11H15N2Y-. The Balaban J connectivity index is 0.000000980. The summed E-state index contributed by atoms with van der Waals surface area (Å²) < 4.78 is 0. The van der Waals surface area contributed by atoms with Crippen molar-refractivity contribution in [2.75, 3.05) is 0 Å². The molecule has 1 aromatic heterocycles. The number of aromatic nitrogens is 2. The standard InChI is InChI=1S/C11H15N2.Y/c1-9-7-12-11(13-8-9)10-5-3-2-4-6-10;/h2,7-8,10H,3-6H2,1H3;/q-1;. The number of hydrogen-bond donors (Lipinski definition) is 0. The Morgan fingerprint density at radius 3 is 2.36 bits per heavy atom. The summed E-state index contributed by atoms with van der Waals surface area (Å²) in [6.07, 6.45) is 11.1. The van der Waals surface area contributed by atoms with Crippen LogP contribution in [0.1, 0.15) is 43.0 Å². The van der Waals surface area contributed by atoms with Gasteiger partial charge in [0.2, 0.25) is 0 Å². The Morgan fingerprint density at radius 2 is 1.79 bits per heavy atom. The third-order valence-electron chi connectivity index (χ3n) is 2.60. The summed E-state index contributed by atoms with van der Waals surface area (Å²) in [4.78, 5) is 8.75. The first kappa shape index (κ1) is 12.3. The molecule has 0 amide bonds. The van der Waals surface area contributed by atoms with E-state index in [1.807, 2.05) is 19.3 Å². The number of rotatable bonds is 1. The van der Waals surface area contributed by atoms with Gasteiger partial charge in [-0.3, -0.25) is 0 Å². The van der Waals surface area contributed by atoms with Gasteiger partial charge in [0, 0.05) is 51.0 Å². The van der Waals surface area contributed by atoms with E-state index in [9.17, 15) is 0 Å². The van der Waals surface area contributed by atoms with Crippen LogP contribution in [0.5, 0.6) is 0 Å². The van der Waals surface area contributed by atoms with Crippen molar-refractivity contribution >= 4 is 0 Å². The fraction of sp³-hybridized carbons (Fsp3) is 0.545. The van der Waals surface area contributed by atoms with E-state index in [1.165, 1.54) is 25.7 Å². The van der Waals surface area contributed by atoms with Crippen molar-refractivity contribution < 1.29 is 32.7 Å². The number of aryl methyl sites for hydroxylation is 1. The molecule has 2 rings (SSSR count). The Hall–Kier alpha value is 0.184. The summed E-state index contributed by atoms with van der Waals surface area (Å²) in [5, 5.41) is 0. The molecular weight excluding hydrogens is 249 g/mol. The van der Waals surface area contributed by atoms with Gasteiger partial charge >= 0.3 is 0 Å². The smallest absolute Gasteiger partial charge is 0.131 e. The van der Waals surface area contributed by atoms with E-state index >= 15 is 0 Å². The Morgan fingerprint density at radius 1 is 1.21 bits per heavy atom. The molecule has 1 aliphatic carbocycles. The van der Waals surface area contributed by atoms with Crippen molar-refractivity contribution in [3.63, 3.8) is 0 Å². The topological polar surface area (TPSA) is 25.8 Å². The summed E-state index contributed by atoms with van der Waals surface area (Å²) >= 11 is 0. The second-order valence-corrected chi connectivity index (χ2v) is 3.76. The second-order valence-electron chi connectivity index (χ2n) is 3.76. The van der Waals surface area contributed by atoms with Crippen LogP contribution in [0.15, 0.2) is 12.4 Å². The molecule has 0 atom stereocenters. The molecule has 0 bridgehead atoms. The first-order valence-corrected chi connectivity index (χ1v) is 4.96. The average Bonchev–Trinajstić information content (AvgIpc) is 2.20. The number of hydrogen-bond acceptors (Lipinski definition) is 2. The Labute approximate surface area is 111 Å². The summed E-state index contributed by atoms with van der Waals surface area (Å²) in [6, 6.07) is 0. The molecule has 1 fully saturated rings. The van der Waals surface area contributed by atoms with Crippen LogP contribution >= 0.6 is 0 Å². The van der Waals surface area contributed by atoms with Gasteiger partial charge < -0.3 is 6.42 Å². The zero-order valence-corrected chi connectivity index (χ0v) is 11.4. The van der Waals surface area contributed by atoms with Crippen LogP contribution < -0.4 is 0 Å². The molecule has 73 valence electrons. The summed E-state index contributed by atoms with van der Waals surface area (Å²) in [6.45, 7) is 2.03. The molecule has 1 aliphatic rings. The van der Waals surface area contributed by atoms with E-state index in [0.717, 1.165) is 11.4 Å². The number of nitrogens with zero attached hydrogens (tertiary/aromatic N) is 2. The van der Waals surface area contributed by atoms with E-state index in [0.29, 0.717) is 5.92 Å². The fourth-order valence-corrected chi connectivity index (χ4v) is 1.80. The molecule has 14 heavy (non-hydrogen) atoms. The van der Waals surface area contributed by atoms with E-state index in [2.05, 4.69) is 16.4 Å². The van der Waals surface area contributed by atoms with Crippen molar-refractivity contribution in [3.05, 3.63) is 30.2 Å². The van der Waals surface area contributed by atoms with Gasteiger partial charge in [-0.05, 0) is 12.5 Å². The maximum atomic E-state index is 4.38. The molecule has 0 saturated heterocycles. The van der Waals surface area contributed by atoms with Gasteiger partial charge in [-0.2, -0.15) is 12.8 Å². The van der Waals surface area contributed by atoms with Crippen LogP contribution in [-0.2, 0) is 32.7 Å². The van der Waals surface area contributed by atoms with Gasteiger partial charge in [0.15, 0.2) is 0 Å². The van der Waals surface area contributed by atoms with Crippen LogP contribution in [0.2, 0.25) is 0 Å². The van der Waals surface area contributed by atoms with Gasteiger partial charge in [0.1, 0.15) is 5.82 Å². The molecule has 0 unspecified atom stereocenters. The SMILES string of the molecule is Cc1cnc(C2CC[CH-]CC2)nc1.[Y]. The van der Waals surface area contributed by atoms with Crippen LogP contribution in [0, 0.1) is 13.3 Å². The van der Waals surface area contributed by atoms with E-state index in [-0.39, 0.29) is 32.7 Å².